The van der Waals surface area contributed by atoms with Gasteiger partial charge in [-0.1, -0.05) is 13.8 Å². The first-order chi connectivity index (χ1) is 7.04. The van der Waals surface area contributed by atoms with Crippen LogP contribution in [0.2, 0.25) is 0 Å². The number of nitrogens with two attached hydrogens (primary N) is 1. The molecule has 0 saturated heterocycles. The molecule has 3 N–H and O–H groups in total. The number of carbonyl (C=O) groups excluding carboxylic acids is 1. The van der Waals surface area contributed by atoms with Gasteiger partial charge in [0.15, 0.2) is 0 Å². The second-order valence-corrected chi connectivity index (χ2v) is 4.69. The van der Waals surface area contributed by atoms with Crippen molar-refractivity contribution in [3.05, 3.63) is 16.1 Å². The maximum atomic E-state index is 11.1. The lowest BCUT2D eigenvalue weighted by atomic mass is 10.1. The molecule has 1 aromatic heterocycles. The average molecular weight is 227 g/mol. The molecule has 1 amide bonds. The Balaban J connectivity index is 2.68. The van der Waals surface area contributed by atoms with Gasteiger partial charge in [-0.15, -0.1) is 11.3 Å². The zero-order valence-electron chi connectivity index (χ0n) is 9.28. The molecule has 0 spiro atoms. The van der Waals surface area contributed by atoms with Gasteiger partial charge in [-0.05, 0) is 5.92 Å². The molecular weight excluding hydrogens is 210 g/mol. The Morgan fingerprint density at radius 2 is 2.33 bits per heavy atom. The summed E-state index contributed by atoms with van der Waals surface area (Å²) in [6.07, 6.45) is 0.331. The van der Waals surface area contributed by atoms with Gasteiger partial charge < -0.3 is 11.1 Å². The van der Waals surface area contributed by atoms with Crippen molar-refractivity contribution in [2.45, 2.75) is 26.3 Å². The van der Waals surface area contributed by atoms with Crippen LogP contribution in [0.5, 0.6) is 0 Å². The van der Waals surface area contributed by atoms with Crippen LogP contribution in [0.25, 0.3) is 0 Å². The molecule has 84 valence electrons. The summed E-state index contributed by atoms with van der Waals surface area (Å²) in [5.41, 5.74) is 6.76. The largest absolute Gasteiger partial charge is 0.359 e. The van der Waals surface area contributed by atoms with Gasteiger partial charge in [0.2, 0.25) is 5.91 Å². The Bertz CT molecular complexity index is 335. The molecule has 0 fully saturated rings. The summed E-state index contributed by atoms with van der Waals surface area (Å²) in [6.45, 7) is 4.12. The highest BCUT2D eigenvalue weighted by Crippen LogP contribution is 2.22. The summed E-state index contributed by atoms with van der Waals surface area (Å²) >= 11 is 1.52. The number of rotatable bonds is 4. The molecule has 15 heavy (non-hydrogen) atoms. The van der Waals surface area contributed by atoms with Gasteiger partial charge in [0.05, 0.1) is 18.2 Å². The van der Waals surface area contributed by atoms with Crippen molar-refractivity contribution >= 4 is 17.2 Å². The monoisotopic (exact) mass is 227 g/mol. The van der Waals surface area contributed by atoms with Crippen molar-refractivity contribution in [1.82, 2.24) is 10.3 Å². The van der Waals surface area contributed by atoms with E-state index in [-0.39, 0.29) is 11.9 Å². The molecule has 0 radical (unpaired) electrons. The van der Waals surface area contributed by atoms with Crippen LogP contribution in [0.4, 0.5) is 0 Å². The first-order valence-electron chi connectivity index (χ1n) is 4.95. The Kier molecular flexibility index (Phi) is 4.23. The fraction of sp³-hybridized carbons (Fsp3) is 0.600. The quantitative estimate of drug-likeness (QED) is 0.809. The van der Waals surface area contributed by atoms with E-state index in [0.29, 0.717) is 12.3 Å². The predicted octanol–water partition coefficient (Wildman–Crippen LogP) is 1.09. The van der Waals surface area contributed by atoms with Crippen molar-refractivity contribution in [3.63, 3.8) is 0 Å². The van der Waals surface area contributed by atoms with Crippen LogP contribution in [-0.4, -0.2) is 17.9 Å². The van der Waals surface area contributed by atoms with Crippen molar-refractivity contribution in [2.24, 2.45) is 11.7 Å². The van der Waals surface area contributed by atoms with Crippen LogP contribution in [0, 0.1) is 5.92 Å². The first-order valence-corrected chi connectivity index (χ1v) is 5.83. The van der Waals surface area contributed by atoms with Crippen molar-refractivity contribution in [3.8, 4) is 0 Å². The molecule has 4 nitrogen and oxygen atoms in total. The molecule has 0 aliphatic heterocycles. The van der Waals surface area contributed by atoms with Gasteiger partial charge in [0, 0.05) is 12.4 Å². The van der Waals surface area contributed by atoms with Crippen molar-refractivity contribution < 1.29 is 4.79 Å². The Morgan fingerprint density at radius 1 is 1.67 bits per heavy atom. The number of amides is 1. The second-order valence-electron chi connectivity index (χ2n) is 3.80. The van der Waals surface area contributed by atoms with Crippen LogP contribution in [-0.2, 0) is 11.2 Å². The molecule has 0 bridgehead atoms. The Labute approximate surface area is 93.9 Å². The minimum atomic E-state index is -0.0339. The number of nitrogens with one attached hydrogen (secondary N) is 1. The lowest BCUT2D eigenvalue weighted by Gasteiger charge is -2.11. The molecular formula is C10H17N3OS. The van der Waals surface area contributed by atoms with Gasteiger partial charge in [0.25, 0.3) is 0 Å². The van der Waals surface area contributed by atoms with Crippen LogP contribution in [0.1, 0.15) is 30.6 Å². The number of hydrogen-bond acceptors (Lipinski definition) is 4. The summed E-state index contributed by atoms with van der Waals surface area (Å²) in [4.78, 5) is 15.5. The topological polar surface area (TPSA) is 68.0 Å². The highest BCUT2D eigenvalue weighted by atomic mass is 32.1. The fourth-order valence-electron chi connectivity index (χ4n) is 1.09. The van der Waals surface area contributed by atoms with Crippen molar-refractivity contribution in [2.75, 3.05) is 7.05 Å². The van der Waals surface area contributed by atoms with Crippen LogP contribution < -0.4 is 11.1 Å². The van der Waals surface area contributed by atoms with E-state index in [2.05, 4.69) is 24.1 Å². The number of likely N-dealkylation sites (N-methyl/N-ethyl adjacent to an activating group) is 1. The maximum Gasteiger partial charge on any atom is 0.225 e. The molecule has 1 unspecified atom stereocenters. The summed E-state index contributed by atoms with van der Waals surface area (Å²) in [6, 6.07) is -0.0339. The Hall–Kier alpha value is -0.940. The van der Waals surface area contributed by atoms with E-state index in [9.17, 15) is 4.79 Å². The highest BCUT2D eigenvalue weighted by Gasteiger charge is 2.15. The van der Waals surface area contributed by atoms with E-state index >= 15 is 0 Å². The number of carbonyl (C=O) groups is 1. The van der Waals surface area contributed by atoms with Crippen molar-refractivity contribution in [1.29, 1.82) is 0 Å². The summed E-state index contributed by atoms with van der Waals surface area (Å²) in [7, 11) is 1.62. The van der Waals surface area contributed by atoms with E-state index in [1.807, 2.05) is 5.38 Å². The van der Waals surface area contributed by atoms with Gasteiger partial charge in [-0.25, -0.2) is 4.98 Å². The smallest absolute Gasteiger partial charge is 0.225 e. The van der Waals surface area contributed by atoms with E-state index < -0.39 is 0 Å². The zero-order chi connectivity index (χ0) is 11.4. The maximum absolute atomic E-state index is 11.1. The van der Waals surface area contributed by atoms with Gasteiger partial charge in [-0.3, -0.25) is 4.79 Å². The first kappa shape index (κ1) is 12.1. The molecule has 1 rings (SSSR count). The second kappa shape index (κ2) is 5.23. The SMILES string of the molecule is CNC(=O)Cc1csc(C(N)C(C)C)n1. The third kappa shape index (κ3) is 3.28. The van der Waals surface area contributed by atoms with E-state index in [1.165, 1.54) is 11.3 Å². The zero-order valence-corrected chi connectivity index (χ0v) is 10.1. The normalized spacial score (nSPS) is 12.9. The summed E-state index contributed by atoms with van der Waals surface area (Å²) in [5.74, 6) is 0.342. The standard InChI is InChI=1S/C10H17N3OS/c1-6(2)9(11)10-13-7(5-15-10)4-8(14)12-3/h5-6,9H,4,11H2,1-3H3,(H,12,14). The average Bonchev–Trinajstić information content (AvgIpc) is 2.64. The molecule has 1 aromatic rings. The number of aromatic nitrogens is 1. The van der Waals surface area contributed by atoms with Gasteiger partial charge in [-0.2, -0.15) is 0 Å². The van der Waals surface area contributed by atoms with Gasteiger partial charge in [0.1, 0.15) is 5.01 Å². The lowest BCUT2D eigenvalue weighted by Crippen LogP contribution is -2.20. The minimum Gasteiger partial charge on any atom is -0.359 e. The minimum absolute atomic E-state index is 0.0232. The highest BCUT2D eigenvalue weighted by molar-refractivity contribution is 7.09. The fourth-order valence-corrected chi connectivity index (χ4v) is 2.09. The van der Waals surface area contributed by atoms with Crippen LogP contribution in [0.3, 0.4) is 0 Å². The number of thiazole rings is 1. The number of nitrogens with zero attached hydrogens (tertiary/aromatic N) is 1. The third-order valence-corrected chi connectivity index (χ3v) is 3.19. The molecule has 5 heteroatoms. The van der Waals surface area contributed by atoms with E-state index in [4.69, 9.17) is 5.73 Å². The molecule has 0 saturated carbocycles. The number of hydrogen-bond donors (Lipinski definition) is 2. The Morgan fingerprint density at radius 3 is 2.87 bits per heavy atom. The lowest BCUT2D eigenvalue weighted by molar-refractivity contribution is -0.120. The van der Waals surface area contributed by atoms with Gasteiger partial charge >= 0.3 is 0 Å². The van der Waals surface area contributed by atoms with E-state index in [1.54, 1.807) is 7.05 Å². The summed E-state index contributed by atoms with van der Waals surface area (Å²) < 4.78 is 0. The third-order valence-electron chi connectivity index (χ3n) is 2.19. The summed E-state index contributed by atoms with van der Waals surface area (Å²) in [5, 5.41) is 5.37. The molecule has 0 aliphatic carbocycles. The molecule has 1 atom stereocenters. The molecule has 0 aromatic carbocycles. The van der Waals surface area contributed by atoms with Crippen LogP contribution >= 0.6 is 11.3 Å². The van der Waals surface area contributed by atoms with E-state index in [0.717, 1.165) is 10.7 Å². The molecule has 1 heterocycles. The predicted molar refractivity (Wildman–Crippen MR) is 61.7 cm³/mol. The van der Waals surface area contributed by atoms with Crippen LogP contribution in [0.15, 0.2) is 5.38 Å². The molecule has 0 aliphatic rings.